The first-order valence-corrected chi connectivity index (χ1v) is 10.4. The molecule has 0 N–H and O–H groups in total. The van der Waals surface area contributed by atoms with Gasteiger partial charge in [-0.05, 0) is 25.0 Å². The molecule has 2 fully saturated rings. The van der Waals surface area contributed by atoms with E-state index < -0.39 is 9.84 Å². The van der Waals surface area contributed by atoms with Gasteiger partial charge in [0.25, 0.3) is 0 Å². The summed E-state index contributed by atoms with van der Waals surface area (Å²) in [6.45, 7) is 3.93. The van der Waals surface area contributed by atoms with Crippen molar-refractivity contribution in [3.8, 4) is 0 Å². The highest BCUT2D eigenvalue weighted by Gasteiger charge is 2.49. The van der Waals surface area contributed by atoms with E-state index in [9.17, 15) is 13.2 Å². The Morgan fingerprint density at radius 3 is 2.78 bits per heavy atom. The van der Waals surface area contributed by atoms with Gasteiger partial charge in [-0.25, -0.2) is 8.42 Å². The highest BCUT2D eigenvalue weighted by atomic mass is 32.2. The van der Waals surface area contributed by atoms with Gasteiger partial charge < -0.3 is 4.90 Å². The SMILES string of the molecule is CCCC(=O)N=C1S[C@H]2CS(=O)(=O)C[C@@H]2N1c1ccccc1C. The van der Waals surface area contributed by atoms with Crippen molar-refractivity contribution < 1.29 is 13.2 Å². The average Bonchev–Trinajstić information content (AvgIpc) is 2.91. The van der Waals surface area contributed by atoms with Crippen molar-refractivity contribution in [3.63, 3.8) is 0 Å². The summed E-state index contributed by atoms with van der Waals surface area (Å²) in [7, 11) is -3.02. The molecule has 0 radical (unpaired) electrons. The molecule has 0 bridgehead atoms. The fourth-order valence-electron chi connectivity index (χ4n) is 3.06. The van der Waals surface area contributed by atoms with Crippen LogP contribution in [0.2, 0.25) is 0 Å². The second-order valence-electron chi connectivity index (χ2n) is 6.00. The summed E-state index contributed by atoms with van der Waals surface area (Å²) in [5, 5.41) is 0.593. The van der Waals surface area contributed by atoms with Crippen LogP contribution in [-0.2, 0) is 14.6 Å². The van der Waals surface area contributed by atoms with Gasteiger partial charge in [-0.15, -0.1) is 0 Å². The van der Waals surface area contributed by atoms with Crippen LogP contribution >= 0.6 is 11.8 Å². The van der Waals surface area contributed by atoms with Crippen LogP contribution in [0.1, 0.15) is 25.3 Å². The molecule has 3 rings (SSSR count). The molecular formula is C16H20N2O3S2. The zero-order valence-corrected chi connectivity index (χ0v) is 14.9. The van der Waals surface area contributed by atoms with Gasteiger partial charge in [0.2, 0.25) is 5.91 Å². The fraction of sp³-hybridized carbons (Fsp3) is 0.500. The minimum atomic E-state index is -3.02. The number of nitrogens with zero attached hydrogens (tertiary/aromatic N) is 2. The first-order chi connectivity index (χ1) is 10.9. The molecule has 2 aliphatic heterocycles. The standard InChI is InChI=1S/C16H20N2O3S2/c1-3-6-15(19)17-16-18(12-8-5-4-7-11(12)2)13-9-23(20,21)10-14(13)22-16/h4-5,7-8,13-14H,3,6,9-10H2,1-2H3/t13-,14-/m0/s1. The Balaban J connectivity index is 2.01. The first-order valence-electron chi connectivity index (χ1n) is 7.75. The highest BCUT2D eigenvalue weighted by molar-refractivity contribution is 8.16. The third-order valence-electron chi connectivity index (χ3n) is 4.13. The predicted octanol–water partition coefficient (Wildman–Crippen LogP) is 2.40. The topological polar surface area (TPSA) is 66.8 Å². The number of sulfone groups is 1. The summed E-state index contributed by atoms with van der Waals surface area (Å²) < 4.78 is 24.0. The quantitative estimate of drug-likeness (QED) is 0.836. The van der Waals surface area contributed by atoms with Crippen molar-refractivity contribution >= 4 is 38.4 Å². The lowest BCUT2D eigenvalue weighted by molar-refractivity contribution is -0.117. The number of para-hydroxylation sites is 1. The Labute approximate surface area is 141 Å². The second-order valence-corrected chi connectivity index (χ2v) is 9.36. The number of carbonyl (C=O) groups excluding carboxylic acids is 1. The Kier molecular flexibility index (Phi) is 4.51. The van der Waals surface area contributed by atoms with Crippen LogP contribution in [0.25, 0.3) is 0 Å². The van der Waals surface area contributed by atoms with E-state index in [-0.39, 0.29) is 28.7 Å². The van der Waals surface area contributed by atoms with Crippen LogP contribution in [0.4, 0.5) is 5.69 Å². The molecule has 2 saturated heterocycles. The summed E-state index contributed by atoms with van der Waals surface area (Å²) in [5.41, 5.74) is 1.99. The molecule has 7 heteroatoms. The third kappa shape index (κ3) is 3.30. The maximum atomic E-state index is 12.0. The van der Waals surface area contributed by atoms with Crippen LogP contribution < -0.4 is 4.90 Å². The van der Waals surface area contributed by atoms with Crippen LogP contribution in [0.3, 0.4) is 0 Å². The number of hydrogen-bond donors (Lipinski definition) is 0. The van der Waals surface area contributed by atoms with Crippen LogP contribution in [0, 0.1) is 6.92 Å². The van der Waals surface area contributed by atoms with E-state index in [0.717, 1.165) is 17.7 Å². The number of rotatable bonds is 3. The molecule has 124 valence electrons. The number of thioether (sulfide) groups is 1. The van der Waals surface area contributed by atoms with Gasteiger partial charge in [-0.2, -0.15) is 4.99 Å². The molecule has 1 aromatic rings. The molecule has 2 atom stereocenters. The van der Waals surface area contributed by atoms with Crippen LogP contribution in [0.15, 0.2) is 29.3 Å². The largest absolute Gasteiger partial charge is 0.315 e. The van der Waals surface area contributed by atoms with Crippen molar-refractivity contribution in [2.45, 2.75) is 38.0 Å². The number of hydrogen-bond acceptors (Lipinski definition) is 4. The van der Waals surface area contributed by atoms with Crippen molar-refractivity contribution in [2.75, 3.05) is 16.4 Å². The Morgan fingerprint density at radius 2 is 2.09 bits per heavy atom. The van der Waals surface area contributed by atoms with E-state index >= 15 is 0 Å². The smallest absolute Gasteiger partial charge is 0.248 e. The van der Waals surface area contributed by atoms with E-state index in [1.807, 2.05) is 43.0 Å². The van der Waals surface area contributed by atoms with Crippen LogP contribution in [-0.4, -0.2) is 42.3 Å². The number of aliphatic imine (C=N–C) groups is 1. The maximum Gasteiger partial charge on any atom is 0.248 e. The minimum absolute atomic E-state index is 0.0483. The summed E-state index contributed by atoms with van der Waals surface area (Å²) in [4.78, 5) is 18.2. The van der Waals surface area contributed by atoms with E-state index in [4.69, 9.17) is 0 Å². The molecular weight excluding hydrogens is 332 g/mol. The zero-order chi connectivity index (χ0) is 16.6. The van der Waals surface area contributed by atoms with Crippen molar-refractivity contribution in [2.24, 2.45) is 4.99 Å². The Morgan fingerprint density at radius 1 is 1.35 bits per heavy atom. The second kappa shape index (κ2) is 6.28. The van der Waals surface area contributed by atoms with E-state index in [1.54, 1.807) is 0 Å². The third-order valence-corrected chi connectivity index (χ3v) is 7.34. The number of amides is 1. The van der Waals surface area contributed by atoms with Gasteiger partial charge in [0.15, 0.2) is 15.0 Å². The summed E-state index contributed by atoms with van der Waals surface area (Å²) in [6.07, 6.45) is 1.17. The van der Waals surface area contributed by atoms with Crippen LogP contribution in [0.5, 0.6) is 0 Å². The van der Waals surface area contributed by atoms with Crippen molar-refractivity contribution in [1.82, 2.24) is 0 Å². The molecule has 5 nitrogen and oxygen atoms in total. The summed E-state index contributed by atoms with van der Waals surface area (Å²) in [6, 6.07) is 7.68. The Bertz CT molecular complexity index is 758. The zero-order valence-electron chi connectivity index (χ0n) is 13.2. The molecule has 0 unspecified atom stereocenters. The minimum Gasteiger partial charge on any atom is -0.315 e. The van der Waals surface area contributed by atoms with Gasteiger partial charge in [-0.3, -0.25) is 4.79 Å². The van der Waals surface area contributed by atoms with E-state index in [0.29, 0.717) is 11.6 Å². The summed E-state index contributed by atoms with van der Waals surface area (Å²) >= 11 is 1.43. The Hall–Kier alpha value is -1.34. The van der Waals surface area contributed by atoms with Crippen molar-refractivity contribution in [3.05, 3.63) is 29.8 Å². The fourth-order valence-corrected chi connectivity index (χ4v) is 6.98. The van der Waals surface area contributed by atoms with E-state index in [2.05, 4.69) is 4.99 Å². The van der Waals surface area contributed by atoms with Crippen molar-refractivity contribution in [1.29, 1.82) is 0 Å². The predicted molar refractivity (Wildman–Crippen MR) is 94.8 cm³/mol. The molecule has 0 aliphatic carbocycles. The van der Waals surface area contributed by atoms with Gasteiger partial charge in [0.05, 0.1) is 17.5 Å². The molecule has 0 saturated carbocycles. The lowest BCUT2D eigenvalue weighted by Crippen LogP contribution is -2.38. The van der Waals surface area contributed by atoms with Gasteiger partial charge >= 0.3 is 0 Å². The normalized spacial score (nSPS) is 27.4. The molecule has 0 spiro atoms. The van der Waals surface area contributed by atoms with Gasteiger partial charge in [0, 0.05) is 17.4 Å². The first kappa shape index (κ1) is 16.5. The molecule has 0 aromatic heterocycles. The summed E-state index contributed by atoms with van der Waals surface area (Å²) in [5.74, 6) is 0.141. The van der Waals surface area contributed by atoms with E-state index in [1.165, 1.54) is 11.8 Å². The lowest BCUT2D eigenvalue weighted by Gasteiger charge is -2.26. The lowest BCUT2D eigenvalue weighted by atomic mass is 10.1. The monoisotopic (exact) mass is 352 g/mol. The molecule has 1 aromatic carbocycles. The highest BCUT2D eigenvalue weighted by Crippen LogP contribution is 2.41. The van der Waals surface area contributed by atoms with Gasteiger partial charge in [0.1, 0.15) is 0 Å². The number of anilines is 1. The number of benzene rings is 1. The molecule has 1 amide bonds. The molecule has 23 heavy (non-hydrogen) atoms. The maximum absolute atomic E-state index is 12.0. The molecule has 2 heterocycles. The van der Waals surface area contributed by atoms with Gasteiger partial charge in [-0.1, -0.05) is 36.9 Å². The number of fused-ring (bicyclic) bond motifs is 1. The number of amidine groups is 1. The molecule has 2 aliphatic rings. The number of carbonyl (C=O) groups is 1. The number of aryl methyl sites for hydroxylation is 1. The average molecular weight is 352 g/mol.